The fraction of sp³-hybridized carbons (Fsp3) is 0.857. The molecule has 0 aromatic carbocycles. The van der Waals surface area contributed by atoms with E-state index in [0.717, 1.165) is 31.9 Å². The molecule has 3 rings (SSSR count). The Kier molecular flexibility index (Phi) is 4.00. The van der Waals surface area contributed by atoms with Crippen LogP contribution >= 0.6 is 0 Å². The van der Waals surface area contributed by atoms with Crippen LogP contribution in [0.1, 0.15) is 31.1 Å². The Morgan fingerprint density at radius 3 is 2.86 bits per heavy atom. The molecule has 7 heteroatoms. The maximum absolute atomic E-state index is 6.14. The first-order valence-electron chi connectivity index (χ1n) is 7.57. The zero-order chi connectivity index (χ0) is 15.0. The minimum Gasteiger partial charge on any atom is -0.379 e. The van der Waals surface area contributed by atoms with Crippen molar-refractivity contribution >= 4 is 0 Å². The largest absolute Gasteiger partial charge is 0.379 e. The molecule has 2 aliphatic rings. The van der Waals surface area contributed by atoms with Crippen molar-refractivity contribution in [3.05, 3.63) is 11.7 Å². The smallest absolute Gasteiger partial charge is 0.236 e. The van der Waals surface area contributed by atoms with Gasteiger partial charge < -0.3 is 19.9 Å². The average Bonchev–Trinajstić information content (AvgIpc) is 3.01. The Morgan fingerprint density at radius 2 is 2.14 bits per heavy atom. The Morgan fingerprint density at radius 1 is 1.33 bits per heavy atom. The molecular formula is C14H25N5O2. The molecule has 2 N–H and O–H groups in total. The van der Waals surface area contributed by atoms with Crippen LogP contribution in [0.2, 0.25) is 0 Å². The second-order valence-electron chi connectivity index (χ2n) is 6.61. The van der Waals surface area contributed by atoms with Gasteiger partial charge in [0, 0.05) is 12.6 Å². The minimum atomic E-state index is -0.375. The van der Waals surface area contributed by atoms with Gasteiger partial charge in [-0.25, -0.2) is 0 Å². The van der Waals surface area contributed by atoms with Gasteiger partial charge >= 0.3 is 0 Å². The summed E-state index contributed by atoms with van der Waals surface area (Å²) in [5.74, 6) is 1.35. The monoisotopic (exact) mass is 295 g/mol. The van der Waals surface area contributed by atoms with Crippen molar-refractivity contribution in [1.82, 2.24) is 19.9 Å². The number of ether oxygens (including phenoxy) is 1. The van der Waals surface area contributed by atoms with E-state index < -0.39 is 0 Å². The van der Waals surface area contributed by atoms with Gasteiger partial charge in [-0.1, -0.05) is 5.16 Å². The Hall–Kier alpha value is -1.02. The van der Waals surface area contributed by atoms with E-state index in [1.807, 2.05) is 6.92 Å². The van der Waals surface area contributed by atoms with Crippen LogP contribution < -0.4 is 5.73 Å². The number of likely N-dealkylation sites (N-methyl/N-ethyl adjacent to an activating group) is 2. The van der Waals surface area contributed by atoms with E-state index in [2.05, 4.69) is 34.0 Å². The highest BCUT2D eigenvalue weighted by Crippen LogP contribution is 2.32. The van der Waals surface area contributed by atoms with Crippen LogP contribution in [0.4, 0.5) is 0 Å². The third-order valence-electron chi connectivity index (χ3n) is 4.81. The van der Waals surface area contributed by atoms with Gasteiger partial charge in [-0.2, -0.15) is 4.98 Å². The molecule has 1 aromatic heterocycles. The van der Waals surface area contributed by atoms with Gasteiger partial charge in [0.1, 0.15) is 0 Å². The van der Waals surface area contributed by atoms with E-state index in [1.165, 1.54) is 0 Å². The van der Waals surface area contributed by atoms with Crippen LogP contribution in [-0.2, 0) is 10.2 Å². The van der Waals surface area contributed by atoms with Crippen molar-refractivity contribution in [2.75, 3.05) is 46.9 Å². The molecule has 0 aliphatic carbocycles. The highest BCUT2D eigenvalue weighted by Gasteiger charge is 2.44. The first-order valence-corrected chi connectivity index (χ1v) is 7.57. The highest BCUT2D eigenvalue weighted by atomic mass is 16.5. The predicted octanol–water partition coefficient (Wildman–Crippen LogP) is -0.00680. The number of hydrogen-bond donors (Lipinski definition) is 1. The van der Waals surface area contributed by atoms with Crippen LogP contribution in [0.15, 0.2) is 4.52 Å². The Labute approximate surface area is 125 Å². The van der Waals surface area contributed by atoms with Gasteiger partial charge in [0.2, 0.25) is 5.89 Å². The quantitative estimate of drug-likeness (QED) is 0.822. The molecule has 7 nitrogen and oxygen atoms in total. The van der Waals surface area contributed by atoms with E-state index in [0.29, 0.717) is 19.1 Å². The fourth-order valence-corrected chi connectivity index (χ4v) is 3.06. The Balaban J connectivity index is 1.83. The summed E-state index contributed by atoms with van der Waals surface area (Å²) in [6, 6.07) is 0.0671. The molecule has 3 unspecified atom stereocenters. The maximum Gasteiger partial charge on any atom is 0.236 e. The van der Waals surface area contributed by atoms with E-state index in [4.69, 9.17) is 15.0 Å². The van der Waals surface area contributed by atoms with Crippen molar-refractivity contribution in [1.29, 1.82) is 0 Å². The zero-order valence-electron chi connectivity index (χ0n) is 13.1. The second kappa shape index (κ2) is 5.64. The van der Waals surface area contributed by atoms with Gasteiger partial charge in [0.15, 0.2) is 5.82 Å². The predicted molar refractivity (Wildman–Crippen MR) is 77.9 cm³/mol. The molecule has 0 spiro atoms. The lowest BCUT2D eigenvalue weighted by Crippen LogP contribution is -2.42. The van der Waals surface area contributed by atoms with Crippen LogP contribution in [-0.4, -0.2) is 72.9 Å². The maximum atomic E-state index is 6.14. The second-order valence-corrected chi connectivity index (χ2v) is 6.61. The van der Waals surface area contributed by atoms with Crippen molar-refractivity contribution in [3.63, 3.8) is 0 Å². The summed E-state index contributed by atoms with van der Waals surface area (Å²) in [7, 11) is 4.25. The molecule has 2 aliphatic heterocycles. The van der Waals surface area contributed by atoms with Gasteiger partial charge in [0.25, 0.3) is 0 Å². The van der Waals surface area contributed by atoms with E-state index >= 15 is 0 Å². The molecule has 3 heterocycles. The summed E-state index contributed by atoms with van der Waals surface area (Å²) in [4.78, 5) is 9.27. The van der Waals surface area contributed by atoms with Gasteiger partial charge in [-0.15, -0.1) is 0 Å². The average molecular weight is 295 g/mol. The SMILES string of the molecule is CN1CCCN(C)C(c2noc(C3(C)COCC3N)n2)C1. The van der Waals surface area contributed by atoms with Gasteiger partial charge in [0.05, 0.1) is 24.7 Å². The third-order valence-corrected chi connectivity index (χ3v) is 4.81. The topological polar surface area (TPSA) is 80.7 Å². The summed E-state index contributed by atoms with van der Waals surface area (Å²) in [5, 5.41) is 4.23. The van der Waals surface area contributed by atoms with Crippen molar-refractivity contribution < 1.29 is 9.26 Å². The number of rotatable bonds is 2. The summed E-state index contributed by atoms with van der Waals surface area (Å²) in [5.41, 5.74) is 5.76. The number of hydrogen-bond acceptors (Lipinski definition) is 7. The summed E-state index contributed by atoms with van der Waals surface area (Å²) in [6.07, 6.45) is 1.16. The van der Waals surface area contributed by atoms with E-state index in [1.54, 1.807) is 0 Å². The zero-order valence-corrected chi connectivity index (χ0v) is 13.1. The molecule has 0 radical (unpaired) electrons. The molecule has 0 bridgehead atoms. The van der Waals surface area contributed by atoms with E-state index in [9.17, 15) is 0 Å². The lowest BCUT2D eigenvalue weighted by Gasteiger charge is -2.24. The fourth-order valence-electron chi connectivity index (χ4n) is 3.06. The van der Waals surface area contributed by atoms with E-state index in [-0.39, 0.29) is 17.5 Å². The molecular weight excluding hydrogens is 270 g/mol. The van der Waals surface area contributed by atoms with Crippen molar-refractivity contribution in [2.45, 2.75) is 30.8 Å². The Bertz CT molecular complexity index is 493. The van der Waals surface area contributed by atoms with Crippen LogP contribution in [0.25, 0.3) is 0 Å². The standard InChI is InChI=1S/C14H25N5O2/c1-14(9-20-8-11(14)15)13-16-12(17-21-13)10-7-18(2)5-4-6-19(10)3/h10-11H,4-9,15H2,1-3H3. The first-order chi connectivity index (χ1) is 10.0. The normalized spacial score (nSPS) is 36.0. The summed E-state index contributed by atoms with van der Waals surface area (Å²) in [6.45, 7) is 6.16. The molecule has 0 saturated carbocycles. The summed E-state index contributed by atoms with van der Waals surface area (Å²) < 4.78 is 11.0. The van der Waals surface area contributed by atoms with Gasteiger partial charge in [-0.05, 0) is 40.5 Å². The first kappa shape index (κ1) is 14.9. The minimum absolute atomic E-state index is 0.0969. The van der Waals surface area contributed by atoms with Crippen molar-refractivity contribution in [3.8, 4) is 0 Å². The third kappa shape index (κ3) is 2.70. The van der Waals surface area contributed by atoms with Crippen LogP contribution in [0, 0.1) is 0 Å². The lowest BCUT2D eigenvalue weighted by atomic mass is 9.86. The molecule has 3 atom stereocenters. The summed E-state index contributed by atoms with van der Waals surface area (Å²) >= 11 is 0. The number of aromatic nitrogens is 2. The highest BCUT2D eigenvalue weighted by molar-refractivity contribution is 5.12. The molecule has 2 fully saturated rings. The number of nitrogens with zero attached hydrogens (tertiary/aromatic N) is 4. The molecule has 118 valence electrons. The van der Waals surface area contributed by atoms with Crippen molar-refractivity contribution in [2.24, 2.45) is 5.73 Å². The number of nitrogens with two attached hydrogens (primary N) is 1. The van der Waals surface area contributed by atoms with Crippen LogP contribution in [0.5, 0.6) is 0 Å². The molecule has 21 heavy (non-hydrogen) atoms. The molecule has 1 aromatic rings. The molecule has 2 saturated heterocycles. The van der Waals surface area contributed by atoms with Gasteiger partial charge in [-0.3, -0.25) is 4.90 Å². The lowest BCUT2D eigenvalue weighted by molar-refractivity contribution is 0.169. The van der Waals surface area contributed by atoms with Crippen LogP contribution in [0.3, 0.4) is 0 Å². The molecule has 0 amide bonds.